The van der Waals surface area contributed by atoms with Crippen molar-refractivity contribution in [1.29, 1.82) is 0 Å². The number of fused-ring (bicyclic) bond motifs is 3. The van der Waals surface area contributed by atoms with Gasteiger partial charge in [0.1, 0.15) is 5.60 Å². The first kappa shape index (κ1) is 14.1. The molecule has 1 aromatic rings. The number of rotatable bonds is 1. The zero-order valence-corrected chi connectivity index (χ0v) is 12.7. The Labute approximate surface area is 125 Å². The minimum atomic E-state index is -0.676. The Bertz CT molecular complexity index is 649. The normalized spacial score (nSPS) is 24.1. The maximum Gasteiger partial charge on any atom is 0.317 e. The topological polar surface area (TPSA) is 43.4 Å². The molecule has 1 aromatic carbocycles. The van der Waals surface area contributed by atoms with Gasteiger partial charge in [-0.3, -0.25) is 9.59 Å². The summed E-state index contributed by atoms with van der Waals surface area (Å²) in [6.45, 7) is 5.63. The maximum absolute atomic E-state index is 12.8. The molecular weight excluding hydrogens is 264 g/mol. The standard InChI is InChI=1S/C18H20O3/c1-17(2,3)21-16(20)18-9-8-13(19)10-15(18)14-7-5-4-6-12(14)11-18/h4-7,10H,8-9,11H2,1-3H3/t18-/m1/s1. The molecule has 0 saturated carbocycles. The maximum atomic E-state index is 12.8. The summed E-state index contributed by atoms with van der Waals surface area (Å²) >= 11 is 0. The predicted molar refractivity (Wildman–Crippen MR) is 80.6 cm³/mol. The van der Waals surface area contributed by atoms with Gasteiger partial charge in [0.15, 0.2) is 5.78 Å². The van der Waals surface area contributed by atoms with E-state index in [0.717, 1.165) is 16.7 Å². The highest BCUT2D eigenvalue weighted by Crippen LogP contribution is 2.52. The molecule has 0 amide bonds. The number of carbonyl (C=O) groups is 2. The zero-order chi connectivity index (χ0) is 15.3. The summed E-state index contributed by atoms with van der Waals surface area (Å²) in [6, 6.07) is 7.95. The number of ether oxygens (including phenoxy) is 1. The lowest BCUT2D eigenvalue weighted by atomic mass is 9.72. The average Bonchev–Trinajstić information content (AvgIpc) is 2.72. The molecule has 0 aromatic heterocycles. The van der Waals surface area contributed by atoms with E-state index in [-0.39, 0.29) is 11.8 Å². The van der Waals surface area contributed by atoms with Gasteiger partial charge in [0.2, 0.25) is 0 Å². The molecule has 3 heteroatoms. The summed E-state index contributed by atoms with van der Waals surface area (Å²) in [5.74, 6) is -0.106. The lowest BCUT2D eigenvalue weighted by molar-refractivity contribution is -0.164. The molecule has 0 spiro atoms. The van der Waals surface area contributed by atoms with E-state index in [2.05, 4.69) is 0 Å². The fraction of sp³-hybridized carbons (Fsp3) is 0.444. The van der Waals surface area contributed by atoms with E-state index in [9.17, 15) is 9.59 Å². The second kappa shape index (κ2) is 4.55. The van der Waals surface area contributed by atoms with Gasteiger partial charge in [-0.2, -0.15) is 0 Å². The fourth-order valence-electron chi connectivity index (χ4n) is 3.28. The predicted octanol–water partition coefficient (Wildman–Crippen LogP) is 3.32. The van der Waals surface area contributed by atoms with Gasteiger partial charge in [-0.25, -0.2) is 0 Å². The number of ketones is 1. The fourth-order valence-corrected chi connectivity index (χ4v) is 3.28. The molecule has 2 aliphatic rings. The van der Waals surface area contributed by atoms with Gasteiger partial charge in [0, 0.05) is 6.42 Å². The number of benzene rings is 1. The van der Waals surface area contributed by atoms with Gasteiger partial charge in [0.05, 0.1) is 5.41 Å². The lowest BCUT2D eigenvalue weighted by Crippen LogP contribution is -2.40. The van der Waals surface area contributed by atoms with Crippen molar-refractivity contribution in [3.63, 3.8) is 0 Å². The van der Waals surface area contributed by atoms with Crippen molar-refractivity contribution in [2.45, 2.75) is 45.6 Å². The second-order valence-corrected chi connectivity index (χ2v) is 6.94. The SMILES string of the molecule is CC(C)(C)OC(=O)[C@@]12CCC(=O)C=C1c1ccccc1C2. The largest absolute Gasteiger partial charge is 0.459 e. The van der Waals surface area contributed by atoms with Gasteiger partial charge < -0.3 is 4.74 Å². The summed E-state index contributed by atoms with van der Waals surface area (Å²) in [5.41, 5.74) is 1.81. The first-order valence-corrected chi connectivity index (χ1v) is 7.39. The van der Waals surface area contributed by atoms with Crippen molar-refractivity contribution >= 4 is 17.3 Å². The molecule has 0 unspecified atom stereocenters. The quantitative estimate of drug-likeness (QED) is 0.743. The van der Waals surface area contributed by atoms with Gasteiger partial charge in [-0.1, -0.05) is 24.3 Å². The van der Waals surface area contributed by atoms with Crippen molar-refractivity contribution in [3.8, 4) is 0 Å². The summed E-state index contributed by atoms with van der Waals surface area (Å²) in [6.07, 6.45) is 3.24. The Morgan fingerprint density at radius 3 is 2.67 bits per heavy atom. The van der Waals surface area contributed by atoms with Crippen LogP contribution < -0.4 is 0 Å². The Hall–Kier alpha value is -1.90. The minimum absolute atomic E-state index is 0.0980. The number of carbonyl (C=O) groups excluding carboxylic acids is 2. The van der Waals surface area contributed by atoms with Crippen LogP contribution in [-0.4, -0.2) is 17.4 Å². The summed E-state index contributed by atoms with van der Waals surface area (Å²) in [7, 11) is 0. The van der Waals surface area contributed by atoms with Gasteiger partial charge in [-0.15, -0.1) is 0 Å². The average molecular weight is 284 g/mol. The van der Waals surface area contributed by atoms with Crippen LogP contribution in [0.25, 0.3) is 5.57 Å². The van der Waals surface area contributed by atoms with Gasteiger partial charge in [-0.05, 0) is 56.4 Å². The molecule has 3 nitrogen and oxygen atoms in total. The zero-order valence-electron chi connectivity index (χ0n) is 12.7. The Morgan fingerprint density at radius 1 is 1.24 bits per heavy atom. The van der Waals surface area contributed by atoms with Gasteiger partial charge >= 0.3 is 5.97 Å². The van der Waals surface area contributed by atoms with E-state index >= 15 is 0 Å². The molecule has 3 rings (SSSR count). The lowest BCUT2D eigenvalue weighted by Gasteiger charge is -2.34. The van der Waals surface area contributed by atoms with Crippen LogP contribution in [0, 0.1) is 5.41 Å². The third kappa shape index (κ3) is 2.31. The molecule has 21 heavy (non-hydrogen) atoms. The molecule has 110 valence electrons. The molecule has 0 N–H and O–H groups in total. The van der Waals surface area contributed by atoms with E-state index in [1.165, 1.54) is 0 Å². The highest BCUT2D eigenvalue weighted by atomic mass is 16.6. The summed E-state index contributed by atoms with van der Waals surface area (Å²) < 4.78 is 5.66. The van der Waals surface area contributed by atoms with Crippen LogP contribution in [0.15, 0.2) is 30.3 Å². The van der Waals surface area contributed by atoms with E-state index < -0.39 is 11.0 Å². The van der Waals surface area contributed by atoms with Crippen LogP contribution >= 0.6 is 0 Å². The van der Waals surface area contributed by atoms with E-state index in [4.69, 9.17) is 4.74 Å². The number of allylic oxidation sites excluding steroid dienone is 1. The first-order chi connectivity index (χ1) is 9.82. The number of hydrogen-bond acceptors (Lipinski definition) is 3. The Kier molecular flexibility index (Phi) is 3.05. The highest BCUT2D eigenvalue weighted by molar-refractivity contribution is 6.08. The minimum Gasteiger partial charge on any atom is -0.459 e. The molecule has 1 atom stereocenters. The molecule has 2 aliphatic carbocycles. The van der Waals surface area contributed by atoms with Gasteiger partial charge in [0.25, 0.3) is 0 Å². The van der Waals surface area contributed by atoms with E-state index in [0.29, 0.717) is 19.3 Å². The van der Waals surface area contributed by atoms with Crippen molar-refractivity contribution in [2.24, 2.45) is 5.41 Å². The van der Waals surface area contributed by atoms with E-state index in [1.807, 2.05) is 45.0 Å². The third-order valence-electron chi connectivity index (χ3n) is 4.21. The molecular formula is C18H20O3. The van der Waals surface area contributed by atoms with Crippen molar-refractivity contribution in [1.82, 2.24) is 0 Å². The van der Waals surface area contributed by atoms with Crippen LogP contribution in [0.3, 0.4) is 0 Å². The third-order valence-corrected chi connectivity index (χ3v) is 4.21. The van der Waals surface area contributed by atoms with Crippen LogP contribution in [0.1, 0.15) is 44.7 Å². The first-order valence-electron chi connectivity index (χ1n) is 7.39. The van der Waals surface area contributed by atoms with Crippen LogP contribution in [-0.2, 0) is 20.7 Å². The van der Waals surface area contributed by atoms with Crippen LogP contribution in [0.2, 0.25) is 0 Å². The monoisotopic (exact) mass is 284 g/mol. The van der Waals surface area contributed by atoms with E-state index in [1.54, 1.807) is 6.08 Å². The molecule has 0 heterocycles. The molecule has 0 fully saturated rings. The number of hydrogen-bond donors (Lipinski definition) is 0. The molecule has 0 bridgehead atoms. The Balaban J connectivity index is 2.08. The van der Waals surface area contributed by atoms with Crippen molar-refractivity contribution < 1.29 is 14.3 Å². The number of esters is 1. The summed E-state index contributed by atoms with van der Waals surface area (Å²) in [4.78, 5) is 24.7. The second-order valence-electron chi connectivity index (χ2n) is 6.94. The van der Waals surface area contributed by atoms with Crippen LogP contribution in [0.5, 0.6) is 0 Å². The Morgan fingerprint density at radius 2 is 1.95 bits per heavy atom. The van der Waals surface area contributed by atoms with Crippen molar-refractivity contribution in [2.75, 3.05) is 0 Å². The molecule has 0 saturated heterocycles. The van der Waals surface area contributed by atoms with Crippen molar-refractivity contribution in [3.05, 3.63) is 41.5 Å². The highest BCUT2D eigenvalue weighted by Gasteiger charge is 2.51. The summed E-state index contributed by atoms with van der Waals surface area (Å²) in [5, 5.41) is 0. The van der Waals surface area contributed by atoms with Crippen LogP contribution in [0.4, 0.5) is 0 Å². The molecule has 0 radical (unpaired) electrons. The molecule has 0 aliphatic heterocycles. The smallest absolute Gasteiger partial charge is 0.317 e.